The zero-order chi connectivity index (χ0) is 19.9. The molecule has 0 N–H and O–H groups in total. The highest BCUT2D eigenvalue weighted by Gasteiger charge is 2.33. The molecule has 26 heavy (non-hydrogen) atoms. The minimum Gasteiger partial charge on any atom is -0.443 e. The van der Waals surface area contributed by atoms with Crippen LogP contribution in [-0.4, -0.2) is 26.0 Å². The quantitative estimate of drug-likeness (QED) is 0.636. The van der Waals surface area contributed by atoms with Crippen LogP contribution in [0, 0.1) is 6.92 Å². The minimum absolute atomic E-state index is 0.0920. The monoisotopic (exact) mass is 373 g/mol. The van der Waals surface area contributed by atoms with Crippen molar-refractivity contribution in [2.75, 3.05) is 0 Å². The normalized spacial score (nSPS) is 13.3. The van der Waals surface area contributed by atoms with E-state index in [1.54, 1.807) is 4.57 Å². The molecule has 0 amide bonds. The summed E-state index contributed by atoms with van der Waals surface area (Å²) in [4.78, 5) is 12.9. The highest BCUT2D eigenvalue weighted by molar-refractivity contribution is 6.31. The van der Waals surface area contributed by atoms with Crippen molar-refractivity contribution in [2.24, 2.45) is 0 Å². The molecule has 0 atom stereocenters. The van der Waals surface area contributed by atoms with Crippen LogP contribution < -0.4 is 0 Å². The van der Waals surface area contributed by atoms with Crippen molar-refractivity contribution in [2.45, 2.75) is 78.6 Å². The Morgan fingerprint density at radius 1 is 1.00 bits per heavy atom. The van der Waals surface area contributed by atoms with E-state index in [9.17, 15) is 4.79 Å². The van der Waals surface area contributed by atoms with Crippen LogP contribution in [0.15, 0.2) is 24.3 Å². The molecule has 0 aliphatic carbocycles. The second-order valence-electron chi connectivity index (χ2n) is 9.26. The maximum absolute atomic E-state index is 12.9. The van der Waals surface area contributed by atoms with Gasteiger partial charge in [-0.1, -0.05) is 39.0 Å². The smallest absolute Gasteiger partial charge is 0.419 e. The van der Waals surface area contributed by atoms with Crippen LogP contribution in [0.1, 0.15) is 66.6 Å². The first-order valence-corrected chi connectivity index (χ1v) is 9.93. The summed E-state index contributed by atoms with van der Waals surface area (Å²) in [6.45, 7) is 18.2. The van der Waals surface area contributed by atoms with E-state index >= 15 is 0 Å². The summed E-state index contributed by atoms with van der Waals surface area (Å²) in [6.07, 6.45) is -0.355. The van der Waals surface area contributed by atoms with E-state index in [4.69, 9.17) is 9.16 Å². The van der Waals surface area contributed by atoms with Gasteiger partial charge in [0.2, 0.25) is 9.76 Å². The van der Waals surface area contributed by atoms with Gasteiger partial charge in [-0.25, -0.2) is 9.36 Å². The molecule has 1 aromatic carbocycles. The van der Waals surface area contributed by atoms with Crippen LogP contribution in [0.3, 0.4) is 0 Å². The van der Waals surface area contributed by atoms with Gasteiger partial charge >= 0.3 is 6.09 Å². The Kier molecular flexibility index (Phi) is 5.46. The number of carbonyl (C=O) groups excluding carboxylic acids is 1. The summed E-state index contributed by atoms with van der Waals surface area (Å²) in [5, 5.41) is 1.12. The number of ether oxygens (including phenoxy) is 1. The van der Waals surface area contributed by atoms with Crippen LogP contribution in [-0.2, 0) is 14.8 Å². The molecule has 0 saturated heterocycles. The Bertz CT molecular complexity index is 807. The largest absolute Gasteiger partial charge is 0.443 e. The molecule has 0 saturated carbocycles. The highest BCUT2D eigenvalue weighted by Crippen LogP contribution is 2.38. The lowest BCUT2D eigenvalue weighted by Gasteiger charge is -2.30. The van der Waals surface area contributed by atoms with Crippen LogP contribution in [0.5, 0.6) is 0 Å². The third-order valence-corrected chi connectivity index (χ3v) is 5.13. The van der Waals surface area contributed by atoms with Gasteiger partial charge in [0.05, 0.1) is 11.1 Å². The van der Waals surface area contributed by atoms with Crippen LogP contribution >= 0.6 is 0 Å². The van der Waals surface area contributed by atoms with Gasteiger partial charge < -0.3 is 9.16 Å². The predicted molar refractivity (Wildman–Crippen MR) is 108 cm³/mol. The van der Waals surface area contributed by atoms with Gasteiger partial charge in [-0.2, -0.15) is 0 Å². The van der Waals surface area contributed by atoms with Crippen molar-refractivity contribution < 1.29 is 14.0 Å². The van der Waals surface area contributed by atoms with Crippen LogP contribution in [0.25, 0.3) is 10.9 Å². The molecule has 1 aromatic heterocycles. The maximum atomic E-state index is 12.9. The van der Waals surface area contributed by atoms with Crippen LogP contribution in [0.4, 0.5) is 4.79 Å². The first-order valence-electron chi connectivity index (χ1n) is 9.02. The lowest BCUT2D eigenvalue weighted by atomic mass is 9.95. The highest BCUT2D eigenvalue weighted by atomic mass is 28.2. The number of rotatable bonds is 3. The van der Waals surface area contributed by atoms with Crippen molar-refractivity contribution in [1.82, 2.24) is 4.57 Å². The van der Waals surface area contributed by atoms with E-state index in [2.05, 4.69) is 34.6 Å². The fourth-order valence-corrected chi connectivity index (χ4v) is 3.67. The SMILES string of the molecule is Cc1c(C(C)(C)O[Si]C(C)(C)C)c2ccccc2n1C(=O)OC(C)(C)C. The van der Waals surface area contributed by atoms with Crippen molar-refractivity contribution in [3.8, 4) is 0 Å². The van der Waals surface area contributed by atoms with E-state index < -0.39 is 11.2 Å². The number of aromatic nitrogens is 1. The van der Waals surface area contributed by atoms with Crippen molar-refractivity contribution in [1.29, 1.82) is 0 Å². The number of nitrogens with zero attached hydrogens (tertiary/aromatic N) is 1. The number of hydrogen-bond donors (Lipinski definition) is 0. The summed E-state index contributed by atoms with van der Waals surface area (Å²) in [7, 11) is 0.356. The Balaban J connectivity index is 2.58. The van der Waals surface area contributed by atoms with Gasteiger partial charge in [-0.05, 0) is 52.6 Å². The molecule has 0 spiro atoms. The zero-order valence-electron chi connectivity index (χ0n) is 17.5. The second kappa shape index (κ2) is 6.85. The summed E-state index contributed by atoms with van der Waals surface area (Å²) in [5.41, 5.74) is 1.70. The predicted octanol–water partition coefficient (Wildman–Crippen LogP) is 5.82. The van der Waals surface area contributed by atoms with Gasteiger partial charge in [0.15, 0.2) is 0 Å². The topological polar surface area (TPSA) is 40.5 Å². The van der Waals surface area contributed by atoms with Crippen LogP contribution in [0.2, 0.25) is 5.04 Å². The molecule has 4 nitrogen and oxygen atoms in total. The van der Waals surface area contributed by atoms with E-state index in [0.29, 0.717) is 9.76 Å². The van der Waals surface area contributed by atoms with Gasteiger partial charge in [-0.3, -0.25) is 0 Å². The molecular weight excluding hydrogens is 342 g/mol. The maximum Gasteiger partial charge on any atom is 0.419 e. The number of hydrogen-bond acceptors (Lipinski definition) is 3. The van der Waals surface area contributed by atoms with Gasteiger partial charge in [-0.15, -0.1) is 0 Å². The molecule has 0 bridgehead atoms. The second-order valence-corrected chi connectivity index (χ2v) is 11.2. The van der Waals surface area contributed by atoms with Crippen molar-refractivity contribution in [3.63, 3.8) is 0 Å². The number of benzene rings is 1. The zero-order valence-corrected chi connectivity index (χ0v) is 18.5. The molecule has 142 valence electrons. The van der Waals surface area contributed by atoms with E-state index in [1.165, 1.54) is 0 Å². The molecule has 2 rings (SSSR count). The molecule has 5 heteroatoms. The average Bonchev–Trinajstić information content (AvgIpc) is 2.75. The average molecular weight is 374 g/mol. The minimum atomic E-state index is -0.547. The molecule has 0 aliphatic heterocycles. The molecule has 1 heterocycles. The first kappa shape index (κ1) is 20.7. The fraction of sp³-hybridized carbons (Fsp3) is 0.571. The summed E-state index contributed by atoms with van der Waals surface area (Å²) >= 11 is 0. The van der Waals surface area contributed by atoms with E-state index in [0.717, 1.165) is 22.2 Å². The fourth-order valence-electron chi connectivity index (χ4n) is 3.00. The lowest BCUT2D eigenvalue weighted by molar-refractivity contribution is 0.0539. The standard InChI is InChI=1S/C21H31NO3Si/c1-14-17(21(8,9)25-26-20(5,6)7)15-12-10-11-13-16(15)22(14)18(23)24-19(2,3)4/h10-13H,1-9H3. The van der Waals surface area contributed by atoms with Crippen molar-refractivity contribution in [3.05, 3.63) is 35.5 Å². The Hall–Kier alpha value is -1.59. The molecular formula is C21H31NO3Si. The summed E-state index contributed by atoms with van der Waals surface area (Å²) in [5.74, 6) is 0. The third-order valence-electron chi connectivity index (χ3n) is 3.90. The molecule has 0 unspecified atom stereocenters. The molecule has 0 fully saturated rings. The summed E-state index contributed by atoms with van der Waals surface area (Å²) < 4.78 is 13.6. The number of para-hydroxylation sites is 1. The number of fused-ring (bicyclic) bond motifs is 1. The number of carbonyl (C=O) groups is 1. The third kappa shape index (κ3) is 4.57. The van der Waals surface area contributed by atoms with E-state index in [-0.39, 0.29) is 11.1 Å². The molecule has 2 aromatic rings. The Morgan fingerprint density at radius 3 is 2.12 bits per heavy atom. The van der Waals surface area contributed by atoms with Gasteiger partial charge in [0.25, 0.3) is 0 Å². The lowest BCUT2D eigenvalue weighted by Crippen LogP contribution is -2.30. The summed E-state index contributed by atoms with van der Waals surface area (Å²) in [6, 6.07) is 7.94. The van der Waals surface area contributed by atoms with Gasteiger partial charge in [0, 0.05) is 16.6 Å². The Morgan fingerprint density at radius 2 is 1.58 bits per heavy atom. The van der Waals surface area contributed by atoms with E-state index in [1.807, 2.05) is 52.0 Å². The first-order chi connectivity index (χ1) is 11.7. The van der Waals surface area contributed by atoms with Gasteiger partial charge in [0.1, 0.15) is 5.60 Å². The van der Waals surface area contributed by atoms with Crippen molar-refractivity contribution >= 4 is 26.8 Å². The molecule has 2 radical (unpaired) electrons. The Labute approximate surface area is 159 Å². The molecule has 0 aliphatic rings.